The Hall–Kier alpha value is -0.280. The van der Waals surface area contributed by atoms with Crippen LogP contribution in [0.1, 0.15) is 0 Å². The van der Waals surface area contributed by atoms with Crippen LogP contribution in [0.15, 0.2) is 0 Å². The molecule has 0 bridgehead atoms. The van der Waals surface area contributed by atoms with Gasteiger partial charge >= 0.3 is 5.97 Å². The molecule has 0 aromatic rings. The average molecular weight is 137 g/mol. The van der Waals surface area contributed by atoms with E-state index in [0.29, 0.717) is 0 Å². The minimum absolute atomic E-state index is 0.242. The van der Waals surface area contributed by atoms with Crippen LogP contribution >= 0.6 is 11.6 Å². The predicted molar refractivity (Wildman–Crippen MR) is 27.0 cm³/mol. The van der Waals surface area contributed by atoms with Gasteiger partial charge in [0.1, 0.15) is 6.10 Å². The van der Waals surface area contributed by atoms with Crippen molar-refractivity contribution in [3.05, 3.63) is 0 Å². The third-order valence-corrected chi connectivity index (χ3v) is 1.28. The molecule has 0 spiro atoms. The number of rotatable bonds is 2. The highest BCUT2D eigenvalue weighted by molar-refractivity contribution is 6.18. The number of hydrogen-bond acceptors (Lipinski definition) is 2. The zero-order valence-corrected chi connectivity index (χ0v) is 4.76. The molecule has 0 amide bonds. The maximum absolute atomic E-state index is 9.95. The minimum atomic E-state index is -0.921. The summed E-state index contributed by atoms with van der Waals surface area (Å²) in [5.41, 5.74) is 0. The molecule has 46 valence electrons. The predicted octanol–water partition coefficient (Wildman–Crippen LogP) is 0.0772. The second kappa shape index (κ2) is 1.91. The topological polar surface area (TPSA) is 49.8 Å². The average Bonchev–Trinajstić information content (AvgIpc) is 2.42. The van der Waals surface area contributed by atoms with Crippen LogP contribution in [-0.2, 0) is 9.53 Å². The molecule has 1 heterocycles. The zero-order chi connectivity index (χ0) is 6.15. The Balaban J connectivity index is 2.26. The Kier molecular flexibility index (Phi) is 1.40. The van der Waals surface area contributed by atoms with Crippen LogP contribution in [-0.4, -0.2) is 29.2 Å². The third kappa shape index (κ3) is 0.928. The van der Waals surface area contributed by atoms with Crippen LogP contribution in [0.4, 0.5) is 0 Å². The highest BCUT2D eigenvalue weighted by Crippen LogP contribution is 2.22. The molecular formula is C4H5ClO3. The summed E-state index contributed by atoms with van der Waals surface area (Å²) in [6, 6.07) is 0. The van der Waals surface area contributed by atoms with E-state index in [4.69, 9.17) is 16.7 Å². The van der Waals surface area contributed by atoms with Crippen LogP contribution in [0.5, 0.6) is 0 Å². The van der Waals surface area contributed by atoms with Crippen molar-refractivity contribution in [1.29, 1.82) is 0 Å². The molecular weight excluding hydrogens is 131 g/mol. The van der Waals surface area contributed by atoms with E-state index in [2.05, 4.69) is 4.74 Å². The summed E-state index contributed by atoms with van der Waals surface area (Å²) in [7, 11) is 0. The second-order valence-electron chi connectivity index (χ2n) is 1.59. The van der Waals surface area contributed by atoms with E-state index < -0.39 is 12.1 Å². The van der Waals surface area contributed by atoms with E-state index in [1.807, 2.05) is 0 Å². The molecule has 1 rings (SSSR count). The highest BCUT2D eigenvalue weighted by Gasteiger charge is 2.44. The van der Waals surface area contributed by atoms with Gasteiger partial charge in [0.05, 0.1) is 5.88 Å². The van der Waals surface area contributed by atoms with Crippen molar-refractivity contribution in [2.75, 3.05) is 5.88 Å². The molecule has 1 aliphatic rings. The third-order valence-electron chi connectivity index (χ3n) is 0.978. The molecule has 1 N–H and O–H groups in total. The molecule has 0 aromatic carbocycles. The van der Waals surface area contributed by atoms with Crippen molar-refractivity contribution < 1.29 is 14.6 Å². The molecule has 3 nitrogen and oxygen atoms in total. The van der Waals surface area contributed by atoms with Crippen molar-refractivity contribution >= 4 is 17.6 Å². The largest absolute Gasteiger partial charge is 0.479 e. The molecule has 0 saturated carbocycles. The van der Waals surface area contributed by atoms with Gasteiger partial charge in [0.25, 0.3) is 0 Å². The fourth-order valence-corrected chi connectivity index (χ4v) is 0.712. The fourth-order valence-electron chi connectivity index (χ4n) is 0.477. The molecule has 0 aromatic heterocycles. The first kappa shape index (κ1) is 5.85. The standard InChI is InChI=1S/C4H5ClO3/c5-1-2-3(8-2)4(6)7/h2-3H,1H2,(H,6,7)/t2-,3-/m1/s1. The molecule has 1 saturated heterocycles. The number of halogens is 1. The lowest BCUT2D eigenvalue weighted by Gasteiger charge is -1.77. The zero-order valence-electron chi connectivity index (χ0n) is 4.00. The van der Waals surface area contributed by atoms with Crippen molar-refractivity contribution in [2.45, 2.75) is 12.2 Å². The Morgan fingerprint density at radius 1 is 1.88 bits per heavy atom. The monoisotopic (exact) mass is 136 g/mol. The van der Waals surface area contributed by atoms with E-state index in [-0.39, 0.29) is 12.0 Å². The Morgan fingerprint density at radius 3 is 2.62 bits per heavy atom. The van der Waals surface area contributed by atoms with Gasteiger partial charge in [0, 0.05) is 0 Å². The highest BCUT2D eigenvalue weighted by atomic mass is 35.5. The lowest BCUT2D eigenvalue weighted by molar-refractivity contribution is -0.138. The summed E-state index contributed by atoms with van der Waals surface area (Å²) in [6.45, 7) is 0. The van der Waals surface area contributed by atoms with Crippen LogP contribution in [0.2, 0.25) is 0 Å². The number of hydrogen-bond donors (Lipinski definition) is 1. The van der Waals surface area contributed by atoms with Gasteiger partial charge in [-0.3, -0.25) is 0 Å². The first-order valence-electron chi connectivity index (χ1n) is 2.20. The quantitative estimate of drug-likeness (QED) is 0.432. The number of carboxylic acid groups (broad SMARTS) is 1. The molecule has 0 aliphatic carbocycles. The van der Waals surface area contributed by atoms with E-state index in [1.54, 1.807) is 0 Å². The number of alkyl halides is 1. The van der Waals surface area contributed by atoms with Crippen molar-refractivity contribution in [2.24, 2.45) is 0 Å². The molecule has 2 atom stereocenters. The first-order valence-corrected chi connectivity index (χ1v) is 2.73. The molecule has 0 radical (unpaired) electrons. The minimum Gasteiger partial charge on any atom is -0.479 e. The van der Waals surface area contributed by atoms with Crippen molar-refractivity contribution in [3.63, 3.8) is 0 Å². The normalized spacial score (nSPS) is 34.6. The molecule has 4 heteroatoms. The van der Waals surface area contributed by atoms with Gasteiger partial charge in [-0.25, -0.2) is 4.79 Å². The SMILES string of the molecule is O=C(O)[C@@H]1O[C@@H]1CCl. The van der Waals surface area contributed by atoms with Gasteiger partial charge in [-0.2, -0.15) is 0 Å². The number of carbonyl (C=O) groups is 1. The van der Waals surface area contributed by atoms with E-state index in [1.165, 1.54) is 0 Å². The lowest BCUT2D eigenvalue weighted by Crippen LogP contribution is -2.08. The van der Waals surface area contributed by atoms with Gasteiger partial charge in [0.2, 0.25) is 0 Å². The van der Waals surface area contributed by atoms with Crippen LogP contribution in [0, 0.1) is 0 Å². The smallest absolute Gasteiger partial charge is 0.335 e. The fraction of sp³-hybridized carbons (Fsp3) is 0.750. The van der Waals surface area contributed by atoms with E-state index >= 15 is 0 Å². The van der Waals surface area contributed by atoms with Gasteiger partial charge in [0.15, 0.2) is 6.10 Å². The second-order valence-corrected chi connectivity index (χ2v) is 1.90. The van der Waals surface area contributed by atoms with Crippen LogP contribution < -0.4 is 0 Å². The van der Waals surface area contributed by atoms with Gasteiger partial charge < -0.3 is 9.84 Å². The number of carboxylic acids is 1. The number of epoxide rings is 1. The van der Waals surface area contributed by atoms with Gasteiger partial charge in [-0.05, 0) is 0 Å². The Bertz CT molecular complexity index is 114. The summed E-state index contributed by atoms with van der Waals surface area (Å²) in [6.07, 6.45) is -0.873. The lowest BCUT2D eigenvalue weighted by atomic mass is 10.3. The van der Waals surface area contributed by atoms with Crippen molar-refractivity contribution in [3.8, 4) is 0 Å². The maximum Gasteiger partial charge on any atom is 0.335 e. The molecule has 8 heavy (non-hydrogen) atoms. The maximum atomic E-state index is 9.95. The Morgan fingerprint density at radius 2 is 2.50 bits per heavy atom. The number of ether oxygens (including phenoxy) is 1. The van der Waals surface area contributed by atoms with E-state index in [9.17, 15) is 4.79 Å². The van der Waals surface area contributed by atoms with Gasteiger partial charge in [-0.1, -0.05) is 0 Å². The van der Waals surface area contributed by atoms with Crippen molar-refractivity contribution in [1.82, 2.24) is 0 Å². The van der Waals surface area contributed by atoms with Gasteiger partial charge in [-0.15, -0.1) is 11.6 Å². The molecule has 0 unspecified atom stereocenters. The summed E-state index contributed by atoms with van der Waals surface area (Å²) >= 11 is 5.25. The summed E-state index contributed by atoms with van der Waals surface area (Å²) in [5, 5.41) is 8.17. The Labute approximate surface area is 51.2 Å². The molecule has 1 fully saturated rings. The number of aliphatic carboxylic acids is 1. The van der Waals surface area contributed by atoms with Crippen LogP contribution in [0.25, 0.3) is 0 Å². The summed E-state index contributed by atoms with van der Waals surface area (Å²) in [5.74, 6) is -0.646. The summed E-state index contributed by atoms with van der Waals surface area (Å²) < 4.78 is 4.60. The molecule has 1 aliphatic heterocycles. The van der Waals surface area contributed by atoms with Crippen LogP contribution in [0.3, 0.4) is 0 Å². The first-order chi connectivity index (χ1) is 3.75. The van der Waals surface area contributed by atoms with E-state index in [0.717, 1.165) is 0 Å². The summed E-state index contributed by atoms with van der Waals surface area (Å²) in [4.78, 5) is 9.95.